The summed E-state index contributed by atoms with van der Waals surface area (Å²) in [5.74, 6) is 1.29. The Morgan fingerprint density at radius 2 is 1.84 bits per heavy atom. The Balaban J connectivity index is 1.81. The number of rotatable bonds is 16. The predicted molar refractivity (Wildman–Crippen MR) is 162 cm³/mol. The summed E-state index contributed by atoms with van der Waals surface area (Å²) in [6.07, 6.45) is 0.551. The molecule has 0 fully saturated rings. The molecule has 43 heavy (non-hydrogen) atoms. The van der Waals surface area contributed by atoms with Gasteiger partial charge in [-0.1, -0.05) is 41.5 Å². The zero-order valence-corrected chi connectivity index (χ0v) is 24.4. The Labute approximate surface area is 251 Å². The fourth-order valence-electron chi connectivity index (χ4n) is 4.94. The monoisotopic (exact) mass is 587 g/mol. The van der Waals surface area contributed by atoms with Gasteiger partial charge in [-0.3, -0.25) is 4.79 Å². The largest absolute Gasteiger partial charge is 0.497 e. The molecular formula is C32H37N5O6. The molecule has 1 aliphatic rings. The molecule has 226 valence electrons. The van der Waals surface area contributed by atoms with Crippen LogP contribution in [0.1, 0.15) is 41.2 Å². The normalized spacial score (nSPS) is 17.4. The molecule has 0 unspecified atom stereocenters. The van der Waals surface area contributed by atoms with Crippen molar-refractivity contribution in [3.8, 4) is 11.5 Å². The Hall–Kier alpha value is -4.57. The van der Waals surface area contributed by atoms with Crippen LogP contribution in [0.3, 0.4) is 0 Å². The van der Waals surface area contributed by atoms with E-state index in [4.69, 9.17) is 34.6 Å². The van der Waals surface area contributed by atoms with Gasteiger partial charge in [-0.2, -0.15) is 0 Å². The van der Waals surface area contributed by atoms with Gasteiger partial charge in [0.25, 0.3) is 5.91 Å². The molecule has 0 bridgehead atoms. The Morgan fingerprint density at radius 1 is 1.05 bits per heavy atom. The summed E-state index contributed by atoms with van der Waals surface area (Å²) in [6, 6.07) is 22.2. The summed E-state index contributed by atoms with van der Waals surface area (Å²) in [6.45, 7) is 1.48. The van der Waals surface area contributed by atoms with Crippen molar-refractivity contribution in [1.82, 2.24) is 5.32 Å². The maximum atomic E-state index is 14.3. The Morgan fingerprint density at radius 3 is 2.56 bits per heavy atom. The number of aliphatic hydroxyl groups is 1. The van der Waals surface area contributed by atoms with Gasteiger partial charge in [0.15, 0.2) is 11.6 Å². The van der Waals surface area contributed by atoms with Crippen LogP contribution < -0.4 is 14.8 Å². The van der Waals surface area contributed by atoms with Gasteiger partial charge in [-0.25, -0.2) is 4.99 Å². The molecule has 0 spiro atoms. The first-order chi connectivity index (χ1) is 21.0. The number of benzene rings is 3. The minimum absolute atomic E-state index is 0.0516. The summed E-state index contributed by atoms with van der Waals surface area (Å²) < 4.78 is 22.9. The zero-order valence-electron chi connectivity index (χ0n) is 24.4. The van der Waals surface area contributed by atoms with Crippen LogP contribution in [0.15, 0.2) is 82.9 Å². The van der Waals surface area contributed by atoms with Crippen molar-refractivity contribution < 1.29 is 28.8 Å². The highest BCUT2D eigenvalue weighted by molar-refractivity contribution is 6.01. The average Bonchev–Trinajstić information content (AvgIpc) is 3.43. The highest BCUT2D eigenvalue weighted by atomic mass is 16.5. The van der Waals surface area contributed by atoms with Crippen LogP contribution in [-0.4, -0.2) is 63.0 Å². The van der Waals surface area contributed by atoms with Crippen molar-refractivity contribution in [2.24, 2.45) is 10.1 Å². The molecule has 3 aromatic rings. The number of carbonyl (C=O) groups excluding carboxylic acids is 1. The topological polar surface area (TPSA) is 147 Å². The van der Waals surface area contributed by atoms with Gasteiger partial charge in [-0.15, -0.1) is 0 Å². The molecule has 2 atom stereocenters. The lowest BCUT2D eigenvalue weighted by molar-refractivity contribution is -0.129. The fraction of sp³-hybridized carbons (Fsp3) is 0.375. The second kappa shape index (κ2) is 15.6. The highest BCUT2D eigenvalue weighted by Gasteiger charge is 2.53. The third-order valence-electron chi connectivity index (χ3n) is 7.12. The first-order valence-corrected chi connectivity index (χ1v) is 14.1. The van der Waals surface area contributed by atoms with E-state index in [1.807, 2.05) is 60.7 Å². The third-order valence-corrected chi connectivity index (χ3v) is 7.12. The first kappa shape index (κ1) is 31.4. The molecule has 0 saturated heterocycles. The summed E-state index contributed by atoms with van der Waals surface area (Å²) in [5.41, 5.74) is 10.6. The zero-order chi connectivity index (χ0) is 30.5. The summed E-state index contributed by atoms with van der Waals surface area (Å²) in [7, 11) is 3.20. The molecule has 0 aromatic heterocycles. The number of nitrogens with one attached hydrogen (secondary N) is 1. The molecule has 3 aromatic carbocycles. The molecule has 0 aliphatic carbocycles. The van der Waals surface area contributed by atoms with Crippen LogP contribution in [0.5, 0.6) is 11.5 Å². The number of carbonyl (C=O) groups is 1. The molecular weight excluding hydrogens is 550 g/mol. The van der Waals surface area contributed by atoms with Crippen molar-refractivity contribution >= 4 is 11.8 Å². The number of amides is 1. The minimum Gasteiger partial charge on any atom is -0.497 e. The van der Waals surface area contributed by atoms with E-state index >= 15 is 0 Å². The minimum atomic E-state index is -1.41. The molecule has 11 nitrogen and oxygen atoms in total. The van der Waals surface area contributed by atoms with Gasteiger partial charge < -0.3 is 29.4 Å². The van der Waals surface area contributed by atoms with Gasteiger partial charge >= 0.3 is 0 Å². The van der Waals surface area contributed by atoms with E-state index in [-0.39, 0.29) is 25.5 Å². The molecule has 11 heteroatoms. The molecule has 0 radical (unpaired) electrons. The van der Waals surface area contributed by atoms with Crippen molar-refractivity contribution in [2.45, 2.75) is 37.5 Å². The summed E-state index contributed by atoms with van der Waals surface area (Å²) in [5, 5.41) is 15.9. The van der Waals surface area contributed by atoms with Crippen LogP contribution in [0.25, 0.3) is 10.4 Å². The standard InChI is InChI=1S/C32H37N5O6/c1-40-18-6-16-34-31(39)32(21-25-8-3-4-9-26(25)22-35-37-33)29(24-10-5-11-28(20-24)41-2)43-30(36-32)23-12-14-27(15-13-23)42-19-7-17-38/h3-5,8-15,20,29,38H,6-7,16-19,21-22H2,1-2H3,(H,34,39)/t29-,32-/m1/s1. The van der Waals surface area contributed by atoms with Crippen molar-refractivity contribution in [2.75, 3.05) is 40.6 Å². The van der Waals surface area contributed by atoms with Gasteiger partial charge in [-0.05, 0) is 65.0 Å². The number of azide groups is 1. The number of hydrogen-bond donors (Lipinski definition) is 2. The van der Waals surface area contributed by atoms with Crippen molar-refractivity contribution in [3.63, 3.8) is 0 Å². The summed E-state index contributed by atoms with van der Waals surface area (Å²) >= 11 is 0. The van der Waals surface area contributed by atoms with E-state index in [2.05, 4.69) is 15.3 Å². The lowest BCUT2D eigenvalue weighted by atomic mass is 9.80. The van der Waals surface area contributed by atoms with E-state index in [0.29, 0.717) is 55.6 Å². The maximum absolute atomic E-state index is 14.3. The highest BCUT2D eigenvalue weighted by Crippen LogP contribution is 2.43. The number of ether oxygens (including phenoxy) is 4. The average molecular weight is 588 g/mol. The van der Waals surface area contributed by atoms with Gasteiger partial charge in [0.2, 0.25) is 5.90 Å². The number of aliphatic imine (C=N–C) groups is 1. The number of methoxy groups -OCH3 is 2. The third kappa shape index (κ3) is 7.84. The smallest absolute Gasteiger partial charge is 0.252 e. The fourth-order valence-corrected chi connectivity index (χ4v) is 4.94. The number of aliphatic hydroxyl groups excluding tert-OH is 1. The molecule has 1 heterocycles. The van der Waals surface area contributed by atoms with E-state index in [9.17, 15) is 4.79 Å². The summed E-state index contributed by atoms with van der Waals surface area (Å²) in [4.78, 5) is 22.3. The van der Waals surface area contributed by atoms with Crippen molar-refractivity contribution in [1.29, 1.82) is 0 Å². The van der Waals surface area contributed by atoms with E-state index in [1.165, 1.54) is 0 Å². The van der Waals surface area contributed by atoms with Crippen molar-refractivity contribution in [3.05, 3.63) is 105 Å². The predicted octanol–water partition coefficient (Wildman–Crippen LogP) is 4.92. The van der Waals surface area contributed by atoms with E-state index in [1.54, 1.807) is 26.4 Å². The molecule has 1 aliphatic heterocycles. The first-order valence-electron chi connectivity index (χ1n) is 14.1. The molecule has 4 rings (SSSR count). The Bertz CT molecular complexity index is 1440. The molecule has 2 N–H and O–H groups in total. The van der Waals surface area contributed by atoms with Crippen LogP contribution in [0, 0.1) is 0 Å². The SMILES string of the molecule is COCCCNC(=O)[C@]1(Cc2ccccc2CN=[N+]=[N-])N=C(c2ccc(OCCCO)cc2)O[C@@H]1c1cccc(OC)c1. The van der Waals surface area contributed by atoms with Crippen LogP contribution in [0.2, 0.25) is 0 Å². The maximum Gasteiger partial charge on any atom is 0.252 e. The lowest BCUT2D eigenvalue weighted by Crippen LogP contribution is -2.50. The quantitative estimate of drug-likeness (QED) is 0.105. The van der Waals surface area contributed by atoms with Gasteiger partial charge in [0.1, 0.15) is 11.5 Å². The second-order valence-electron chi connectivity index (χ2n) is 10.0. The van der Waals surface area contributed by atoms with Crippen LogP contribution in [-0.2, 0) is 27.2 Å². The van der Waals surface area contributed by atoms with Crippen LogP contribution >= 0.6 is 0 Å². The number of nitrogens with zero attached hydrogens (tertiary/aromatic N) is 4. The number of hydrogen-bond acceptors (Lipinski definition) is 8. The Kier molecular flexibility index (Phi) is 11.4. The lowest BCUT2D eigenvalue weighted by Gasteiger charge is -2.31. The van der Waals surface area contributed by atoms with Gasteiger partial charge in [0, 0.05) is 50.2 Å². The van der Waals surface area contributed by atoms with E-state index in [0.717, 1.165) is 16.7 Å². The van der Waals surface area contributed by atoms with Gasteiger partial charge in [0.05, 0.1) is 20.3 Å². The second-order valence-corrected chi connectivity index (χ2v) is 10.0. The van der Waals surface area contributed by atoms with Crippen LogP contribution in [0.4, 0.5) is 0 Å². The van der Waals surface area contributed by atoms with E-state index < -0.39 is 11.6 Å². The molecule has 1 amide bonds. The molecule has 0 saturated carbocycles.